The number of fused-ring (bicyclic) bond motifs is 1. The van der Waals surface area contributed by atoms with Crippen molar-refractivity contribution in [2.75, 3.05) is 0 Å². The van der Waals surface area contributed by atoms with Gasteiger partial charge in [-0.15, -0.1) is 11.3 Å². The van der Waals surface area contributed by atoms with Crippen LogP contribution in [0.25, 0.3) is 15.9 Å². The maximum atomic E-state index is 12.8. The highest BCUT2D eigenvalue weighted by atomic mass is 79.9. The number of nitriles is 1. The molecule has 0 unspecified atom stereocenters. The Morgan fingerprint density at radius 2 is 2.13 bits per heavy atom. The first-order chi connectivity index (χ1) is 11.0. The molecule has 0 atom stereocenters. The minimum atomic E-state index is -0.463. The first kappa shape index (κ1) is 15.6. The highest BCUT2D eigenvalue weighted by molar-refractivity contribution is 9.11. The van der Waals surface area contributed by atoms with Gasteiger partial charge in [-0.2, -0.15) is 5.26 Å². The summed E-state index contributed by atoms with van der Waals surface area (Å²) in [7, 11) is 0. The van der Waals surface area contributed by atoms with Crippen molar-refractivity contribution in [3.05, 3.63) is 54.7 Å². The second-order valence-corrected chi connectivity index (χ2v) is 7.40. The normalized spacial score (nSPS) is 10.8. The summed E-state index contributed by atoms with van der Waals surface area (Å²) >= 11 is 4.62. The molecule has 0 aromatic carbocycles. The smallest absolute Gasteiger partial charge is 0.291 e. The number of pyridine rings is 1. The van der Waals surface area contributed by atoms with Crippen molar-refractivity contribution < 1.29 is 0 Å². The van der Waals surface area contributed by atoms with Crippen molar-refractivity contribution in [3.63, 3.8) is 0 Å². The minimum absolute atomic E-state index is 0.187. The third kappa shape index (κ3) is 2.73. The van der Waals surface area contributed by atoms with Crippen LogP contribution in [0.2, 0.25) is 0 Å². The van der Waals surface area contributed by atoms with Crippen molar-refractivity contribution in [2.45, 2.75) is 19.9 Å². The van der Waals surface area contributed by atoms with Crippen molar-refractivity contribution >= 4 is 37.5 Å². The molecule has 0 saturated heterocycles. The lowest BCUT2D eigenvalue weighted by Gasteiger charge is -2.11. The van der Waals surface area contributed by atoms with Crippen LogP contribution in [0.1, 0.15) is 12.0 Å². The molecule has 0 bridgehead atoms. The zero-order chi connectivity index (χ0) is 16.6. The SMILES string of the molecule is Cc1cncc(-n2c(=O)c3sc(Br)cc3n(CCC#N)c2=O)c1. The molecule has 0 spiro atoms. The molecule has 0 fully saturated rings. The molecule has 3 rings (SSSR count). The van der Waals surface area contributed by atoms with Gasteiger partial charge in [-0.25, -0.2) is 9.36 Å². The van der Waals surface area contributed by atoms with Gasteiger partial charge in [0, 0.05) is 12.7 Å². The molecule has 3 heterocycles. The number of aromatic nitrogens is 3. The van der Waals surface area contributed by atoms with Crippen molar-refractivity contribution in [3.8, 4) is 11.8 Å². The number of rotatable bonds is 3. The third-order valence-corrected chi connectivity index (χ3v) is 4.97. The molecule has 3 aromatic rings. The van der Waals surface area contributed by atoms with Gasteiger partial charge in [-0.3, -0.25) is 14.3 Å². The summed E-state index contributed by atoms with van der Waals surface area (Å²) in [5.74, 6) is 0. The predicted octanol–water partition coefficient (Wildman–Crippen LogP) is 2.59. The molecule has 3 aromatic heterocycles. The number of halogens is 1. The fourth-order valence-corrected chi connectivity index (χ4v) is 3.91. The molecule has 6 nitrogen and oxygen atoms in total. The van der Waals surface area contributed by atoms with Crippen LogP contribution in [0.15, 0.2) is 37.9 Å². The van der Waals surface area contributed by atoms with Gasteiger partial charge in [0.1, 0.15) is 4.70 Å². The third-order valence-electron chi connectivity index (χ3n) is 3.36. The summed E-state index contributed by atoms with van der Waals surface area (Å²) in [6.45, 7) is 2.07. The van der Waals surface area contributed by atoms with E-state index in [9.17, 15) is 9.59 Å². The zero-order valence-electron chi connectivity index (χ0n) is 12.1. The van der Waals surface area contributed by atoms with Gasteiger partial charge >= 0.3 is 5.69 Å². The van der Waals surface area contributed by atoms with E-state index in [-0.39, 0.29) is 18.5 Å². The van der Waals surface area contributed by atoms with Crippen molar-refractivity contribution in [2.24, 2.45) is 0 Å². The number of hydrogen-bond donors (Lipinski definition) is 0. The standard InChI is InChI=1S/C15H11BrN4O2S/c1-9-5-10(8-18-7-9)20-14(21)13-11(6-12(16)23-13)19(15(20)22)4-2-3-17/h5-8H,2,4H2,1H3. The van der Waals surface area contributed by atoms with Crippen LogP contribution in [0.4, 0.5) is 0 Å². The van der Waals surface area contributed by atoms with E-state index < -0.39 is 5.69 Å². The summed E-state index contributed by atoms with van der Waals surface area (Å²) in [5, 5.41) is 8.82. The van der Waals surface area contributed by atoms with E-state index in [1.165, 1.54) is 22.1 Å². The Kier molecular flexibility index (Phi) is 4.15. The van der Waals surface area contributed by atoms with Crippen LogP contribution in [0, 0.1) is 18.3 Å². The molecule has 0 aliphatic carbocycles. The average Bonchev–Trinajstić information content (AvgIpc) is 2.89. The summed E-state index contributed by atoms with van der Waals surface area (Å²) in [4.78, 5) is 29.6. The predicted molar refractivity (Wildman–Crippen MR) is 92.1 cm³/mol. The molecule has 0 radical (unpaired) electrons. The van der Waals surface area contributed by atoms with E-state index in [2.05, 4.69) is 20.9 Å². The Bertz CT molecular complexity index is 1060. The Balaban J connectivity index is 2.41. The van der Waals surface area contributed by atoms with Gasteiger partial charge in [-0.1, -0.05) is 0 Å². The molecule has 116 valence electrons. The van der Waals surface area contributed by atoms with Gasteiger partial charge in [-0.05, 0) is 40.5 Å². The van der Waals surface area contributed by atoms with Crippen LogP contribution >= 0.6 is 27.3 Å². The number of thiophene rings is 1. The lowest BCUT2D eigenvalue weighted by Crippen LogP contribution is -2.38. The fraction of sp³-hybridized carbons (Fsp3) is 0.200. The van der Waals surface area contributed by atoms with Crippen LogP contribution in [-0.4, -0.2) is 14.1 Å². The molecule has 0 amide bonds. The zero-order valence-corrected chi connectivity index (χ0v) is 14.5. The Hall–Kier alpha value is -2.24. The first-order valence-corrected chi connectivity index (χ1v) is 8.37. The summed E-state index contributed by atoms with van der Waals surface area (Å²) in [6.07, 6.45) is 3.33. The largest absolute Gasteiger partial charge is 0.336 e. The van der Waals surface area contributed by atoms with Crippen LogP contribution < -0.4 is 11.2 Å². The fourth-order valence-electron chi connectivity index (χ4n) is 2.39. The molecule has 0 aliphatic rings. The molecule has 0 N–H and O–H groups in total. The van der Waals surface area contributed by atoms with E-state index in [1.807, 2.05) is 13.0 Å². The maximum Gasteiger partial charge on any atom is 0.336 e. The van der Waals surface area contributed by atoms with E-state index in [4.69, 9.17) is 5.26 Å². The second-order valence-electron chi connectivity index (χ2n) is 4.97. The van der Waals surface area contributed by atoms with Crippen molar-refractivity contribution in [1.82, 2.24) is 14.1 Å². The van der Waals surface area contributed by atoms with Gasteiger partial charge in [0.2, 0.25) is 0 Å². The van der Waals surface area contributed by atoms with E-state index in [0.29, 0.717) is 15.9 Å². The Morgan fingerprint density at radius 1 is 1.35 bits per heavy atom. The molecule has 8 heteroatoms. The maximum absolute atomic E-state index is 12.8. The molecular formula is C15H11BrN4O2S. The number of nitrogens with zero attached hydrogens (tertiary/aromatic N) is 4. The van der Waals surface area contributed by atoms with Gasteiger partial charge in [0.25, 0.3) is 5.56 Å². The van der Waals surface area contributed by atoms with Crippen LogP contribution in [0.5, 0.6) is 0 Å². The number of aryl methyl sites for hydroxylation is 2. The lowest BCUT2D eigenvalue weighted by atomic mass is 10.3. The topological polar surface area (TPSA) is 80.7 Å². The highest BCUT2D eigenvalue weighted by Crippen LogP contribution is 2.26. The van der Waals surface area contributed by atoms with Crippen LogP contribution in [0.3, 0.4) is 0 Å². The first-order valence-electron chi connectivity index (χ1n) is 6.77. The lowest BCUT2D eigenvalue weighted by molar-refractivity contribution is 0.662. The van der Waals surface area contributed by atoms with E-state index >= 15 is 0 Å². The van der Waals surface area contributed by atoms with Gasteiger partial charge in [0.15, 0.2) is 0 Å². The van der Waals surface area contributed by atoms with Crippen LogP contribution in [-0.2, 0) is 6.54 Å². The summed E-state index contributed by atoms with van der Waals surface area (Å²) in [6, 6.07) is 5.50. The Labute approximate surface area is 143 Å². The molecule has 0 saturated carbocycles. The Morgan fingerprint density at radius 3 is 2.83 bits per heavy atom. The van der Waals surface area contributed by atoms with Crippen molar-refractivity contribution in [1.29, 1.82) is 5.26 Å². The second kappa shape index (κ2) is 6.10. The van der Waals surface area contributed by atoms with Gasteiger partial charge < -0.3 is 0 Å². The quantitative estimate of drug-likeness (QED) is 0.688. The number of hydrogen-bond acceptors (Lipinski definition) is 5. The van der Waals surface area contributed by atoms with E-state index in [0.717, 1.165) is 13.9 Å². The minimum Gasteiger partial charge on any atom is -0.291 e. The monoisotopic (exact) mass is 390 g/mol. The highest BCUT2D eigenvalue weighted by Gasteiger charge is 2.17. The molecule has 0 aliphatic heterocycles. The summed E-state index contributed by atoms with van der Waals surface area (Å²) in [5.41, 5.74) is 0.989. The molecular weight excluding hydrogens is 380 g/mol. The summed E-state index contributed by atoms with van der Waals surface area (Å²) < 4.78 is 3.80. The molecule has 23 heavy (non-hydrogen) atoms. The average molecular weight is 391 g/mol. The van der Waals surface area contributed by atoms with E-state index in [1.54, 1.807) is 18.3 Å². The van der Waals surface area contributed by atoms with Gasteiger partial charge in [0.05, 0.1) is 33.7 Å².